The number of amides is 1. The highest BCUT2D eigenvalue weighted by Gasteiger charge is 2.39. The van der Waals surface area contributed by atoms with Gasteiger partial charge in [-0.1, -0.05) is 72.8 Å². The molecular weight excluding hydrogens is 510 g/mol. The summed E-state index contributed by atoms with van der Waals surface area (Å²) in [6.45, 7) is 6.53. The summed E-state index contributed by atoms with van der Waals surface area (Å²) in [5.41, 5.74) is -0.291. The fourth-order valence-corrected chi connectivity index (χ4v) is 5.06. The van der Waals surface area contributed by atoms with Crippen molar-refractivity contribution in [2.75, 3.05) is 13.2 Å². The van der Waals surface area contributed by atoms with E-state index in [4.69, 9.17) is 21.1 Å². The average molecular weight is 544 g/mol. The van der Waals surface area contributed by atoms with Crippen LogP contribution in [-0.4, -0.2) is 40.7 Å². The van der Waals surface area contributed by atoms with E-state index in [0.717, 1.165) is 21.1 Å². The molecule has 0 saturated carbocycles. The summed E-state index contributed by atoms with van der Waals surface area (Å²) in [6, 6.07) is 23.4. The van der Waals surface area contributed by atoms with E-state index in [1.54, 1.807) is 39.5 Å². The molecule has 1 unspecified atom stereocenters. The van der Waals surface area contributed by atoms with Gasteiger partial charge in [0.05, 0.1) is 18.8 Å². The van der Waals surface area contributed by atoms with E-state index in [1.165, 1.54) is 0 Å². The molecule has 0 aliphatic heterocycles. The second kappa shape index (κ2) is 12.7. The maximum Gasteiger partial charge on any atom is 0.408 e. The van der Waals surface area contributed by atoms with Crippen molar-refractivity contribution in [1.82, 2.24) is 5.32 Å². The van der Waals surface area contributed by atoms with Gasteiger partial charge in [-0.3, -0.25) is 0 Å². The molecule has 0 aliphatic rings. The minimum absolute atomic E-state index is 0.464. The molecule has 3 N–H and O–H groups in total. The van der Waals surface area contributed by atoms with Crippen molar-refractivity contribution < 1.29 is 24.5 Å². The number of aliphatic hydroxyl groups is 2. The summed E-state index contributed by atoms with van der Waals surface area (Å²) in [6.07, 6.45) is -0.722. The van der Waals surface area contributed by atoms with Crippen molar-refractivity contribution in [3.63, 3.8) is 0 Å². The number of benzene rings is 3. The van der Waals surface area contributed by atoms with Gasteiger partial charge in [0.2, 0.25) is 0 Å². The number of rotatable bonds is 10. The fourth-order valence-electron chi connectivity index (χ4n) is 3.74. The van der Waals surface area contributed by atoms with Gasteiger partial charge < -0.3 is 25.0 Å². The Kier molecular flexibility index (Phi) is 9.90. The molecule has 1 amide bonds. The zero-order valence-electron chi connectivity index (χ0n) is 21.5. The van der Waals surface area contributed by atoms with E-state index in [1.807, 2.05) is 72.8 Å². The molecule has 0 aromatic heterocycles. The van der Waals surface area contributed by atoms with Crippen LogP contribution in [0.4, 0.5) is 4.79 Å². The van der Waals surface area contributed by atoms with Crippen LogP contribution in [0, 0.1) is 0 Å². The predicted octanol–water partition coefficient (Wildman–Crippen LogP) is 6.42. The van der Waals surface area contributed by atoms with Gasteiger partial charge in [0.25, 0.3) is 0 Å². The Morgan fingerprint density at radius 2 is 1.65 bits per heavy atom. The first-order valence-corrected chi connectivity index (χ1v) is 13.2. The topological polar surface area (TPSA) is 88.0 Å². The van der Waals surface area contributed by atoms with Gasteiger partial charge in [0.1, 0.15) is 18.0 Å². The van der Waals surface area contributed by atoms with Crippen molar-refractivity contribution in [1.29, 1.82) is 0 Å². The Balaban J connectivity index is 1.72. The van der Waals surface area contributed by atoms with Crippen molar-refractivity contribution >= 4 is 29.5 Å². The standard InChI is InChI=1S/C29H34ClNO5S/c1-20(29(18-32,19-33)31-27(34)36-28(2,3)4)25-14-13-24(16-26(25)30)37-23-12-8-11-22(15-23)35-17-21-9-6-5-7-10-21/h5-16,20,32-33H,17-19H2,1-4H3,(H,31,34). The van der Waals surface area contributed by atoms with Crippen molar-refractivity contribution in [2.24, 2.45) is 0 Å². The lowest BCUT2D eigenvalue weighted by atomic mass is 9.81. The predicted molar refractivity (Wildman–Crippen MR) is 147 cm³/mol. The molecule has 3 rings (SSSR count). The minimum Gasteiger partial charge on any atom is -0.489 e. The monoisotopic (exact) mass is 543 g/mol. The molecule has 198 valence electrons. The molecule has 0 fully saturated rings. The first kappa shape index (κ1) is 28.9. The number of aliphatic hydroxyl groups excluding tert-OH is 2. The molecule has 1 atom stereocenters. The summed E-state index contributed by atoms with van der Waals surface area (Å²) in [5.74, 6) is 0.269. The summed E-state index contributed by atoms with van der Waals surface area (Å²) < 4.78 is 11.3. The summed E-state index contributed by atoms with van der Waals surface area (Å²) in [4.78, 5) is 14.3. The Labute approximate surface area is 228 Å². The number of hydrogen-bond donors (Lipinski definition) is 3. The van der Waals surface area contributed by atoms with Crippen LogP contribution in [0.2, 0.25) is 5.02 Å². The molecule has 0 aliphatic carbocycles. The molecule has 0 heterocycles. The lowest BCUT2D eigenvalue weighted by Gasteiger charge is -2.38. The number of nitrogens with one attached hydrogen (secondary N) is 1. The van der Waals surface area contributed by atoms with Crippen LogP contribution < -0.4 is 10.1 Å². The third-order valence-electron chi connectivity index (χ3n) is 5.87. The van der Waals surface area contributed by atoms with Crippen molar-refractivity contribution in [3.8, 4) is 5.75 Å². The number of alkyl carbamates (subject to hydrolysis) is 1. The Morgan fingerprint density at radius 1 is 0.973 bits per heavy atom. The van der Waals surface area contributed by atoms with Crippen LogP contribution in [0.3, 0.4) is 0 Å². The smallest absolute Gasteiger partial charge is 0.408 e. The van der Waals surface area contributed by atoms with Crippen LogP contribution in [0.25, 0.3) is 0 Å². The fraction of sp³-hybridized carbons (Fsp3) is 0.345. The van der Waals surface area contributed by atoms with Crippen molar-refractivity contribution in [3.05, 3.63) is 88.9 Å². The molecule has 8 heteroatoms. The molecule has 6 nitrogen and oxygen atoms in total. The molecule has 3 aromatic rings. The number of carbonyl (C=O) groups is 1. The molecular formula is C29H34ClNO5S. The van der Waals surface area contributed by atoms with E-state index in [2.05, 4.69) is 5.32 Å². The average Bonchev–Trinajstić information content (AvgIpc) is 2.86. The van der Waals surface area contributed by atoms with E-state index >= 15 is 0 Å². The highest BCUT2D eigenvalue weighted by atomic mass is 35.5. The maximum atomic E-state index is 12.4. The number of halogens is 1. The van der Waals surface area contributed by atoms with Crippen LogP contribution in [0.5, 0.6) is 5.75 Å². The highest BCUT2D eigenvalue weighted by molar-refractivity contribution is 7.99. The quantitative estimate of drug-likeness (QED) is 0.273. The highest BCUT2D eigenvalue weighted by Crippen LogP contribution is 2.37. The molecule has 37 heavy (non-hydrogen) atoms. The maximum absolute atomic E-state index is 12.4. The van der Waals surface area contributed by atoms with Gasteiger partial charge in [-0.2, -0.15) is 0 Å². The zero-order chi connectivity index (χ0) is 27.1. The molecule has 0 saturated heterocycles. The number of hydrogen-bond acceptors (Lipinski definition) is 6. The van der Waals surface area contributed by atoms with Crippen LogP contribution in [0.1, 0.15) is 44.7 Å². The van der Waals surface area contributed by atoms with Gasteiger partial charge in [-0.05, 0) is 62.2 Å². The third-order valence-corrected chi connectivity index (χ3v) is 7.18. The molecule has 0 bridgehead atoms. The van der Waals surface area contributed by atoms with Gasteiger partial charge in [-0.25, -0.2) is 4.79 Å². The van der Waals surface area contributed by atoms with Crippen molar-refractivity contribution in [2.45, 2.75) is 61.2 Å². The lowest BCUT2D eigenvalue weighted by molar-refractivity contribution is 0.0240. The van der Waals surface area contributed by atoms with Crippen LogP contribution in [0.15, 0.2) is 82.6 Å². The van der Waals surface area contributed by atoms with E-state index in [9.17, 15) is 15.0 Å². The van der Waals surface area contributed by atoms with Gasteiger partial charge in [0, 0.05) is 20.7 Å². The summed E-state index contributed by atoms with van der Waals surface area (Å²) >= 11 is 8.20. The first-order valence-electron chi connectivity index (χ1n) is 12.0. The van der Waals surface area contributed by atoms with Crippen LogP contribution >= 0.6 is 23.4 Å². The number of ether oxygens (including phenoxy) is 2. The van der Waals surface area contributed by atoms with Gasteiger partial charge >= 0.3 is 6.09 Å². The minimum atomic E-state index is -1.36. The number of carbonyl (C=O) groups excluding carboxylic acids is 1. The second-order valence-corrected chi connectivity index (χ2v) is 11.4. The zero-order valence-corrected chi connectivity index (χ0v) is 23.1. The third kappa shape index (κ3) is 8.14. The van der Waals surface area contributed by atoms with Gasteiger partial charge in [-0.15, -0.1) is 0 Å². The first-order chi connectivity index (χ1) is 17.5. The second-order valence-electron chi connectivity index (χ2n) is 9.86. The lowest BCUT2D eigenvalue weighted by Crippen LogP contribution is -2.58. The Bertz CT molecular complexity index is 1180. The summed E-state index contributed by atoms with van der Waals surface area (Å²) in [5, 5.41) is 23.4. The Hall–Kier alpha value is -2.71. The molecule has 0 spiro atoms. The van der Waals surface area contributed by atoms with E-state index in [0.29, 0.717) is 17.2 Å². The van der Waals surface area contributed by atoms with E-state index in [-0.39, 0.29) is 0 Å². The van der Waals surface area contributed by atoms with Gasteiger partial charge in [0.15, 0.2) is 0 Å². The van der Waals surface area contributed by atoms with E-state index < -0.39 is 36.4 Å². The Morgan fingerprint density at radius 3 is 2.27 bits per heavy atom. The normalized spacial score (nSPS) is 12.6. The van der Waals surface area contributed by atoms with Crippen LogP contribution in [-0.2, 0) is 11.3 Å². The molecule has 3 aromatic carbocycles. The summed E-state index contributed by atoms with van der Waals surface area (Å²) in [7, 11) is 0. The largest absolute Gasteiger partial charge is 0.489 e. The molecule has 0 radical (unpaired) electrons. The SMILES string of the molecule is CC(c1ccc(Sc2cccc(OCc3ccccc3)c2)cc1Cl)C(CO)(CO)NC(=O)OC(C)(C)C.